The molecule has 0 atom stereocenters. The van der Waals surface area contributed by atoms with Gasteiger partial charge in [-0.15, -0.1) is 0 Å². The van der Waals surface area contributed by atoms with Gasteiger partial charge in [0.2, 0.25) is 5.78 Å². The van der Waals surface area contributed by atoms with E-state index >= 15 is 0 Å². The molecule has 15 heavy (non-hydrogen) atoms. The van der Waals surface area contributed by atoms with Crippen LogP contribution in [0.4, 0.5) is 0 Å². The molecule has 0 unspecified atom stereocenters. The maximum absolute atomic E-state index is 11.9. The van der Waals surface area contributed by atoms with Crippen molar-refractivity contribution in [3.8, 4) is 0 Å². The van der Waals surface area contributed by atoms with Gasteiger partial charge in [-0.2, -0.15) is 0 Å². The van der Waals surface area contributed by atoms with Crippen LogP contribution in [0.25, 0.3) is 0 Å². The second-order valence-electron chi connectivity index (χ2n) is 2.94. The van der Waals surface area contributed by atoms with Crippen molar-refractivity contribution in [3.63, 3.8) is 0 Å². The summed E-state index contributed by atoms with van der Waals surface area (Å²) >= 11 is 0. The Bertz CT molecular complexity index is 484. The van der Waals surface area contributed by atoms with E-state index in [4.69, 9.17) is 0 Å². The first kappa shape index (κ1) is 9.39. The highest BCUT2D eigenvalue weighted by atomic mass is 16.1. The molecule has 0 saturated heterocycles. The molecule has 0 radical (unpaired) electrons. The first-order valence-corrected chi connectivity index (χ1v) is 4.36. The van der Waals surface area contributed by atoms with Crippen molar-refractivity contribution in [2.24, 2.45) is 0 Å². The molecule has 0 saturated carbocycles. The summed E-state index contributed by atoms with van der Waals surface area (Å²) in [7, 11) is 0. The van der Waals surface area contributed by atoms with Gasteiger partial charge >= 0.3 is 0 Å². The van der Waals surface area contributed by atoms with Crippen molar-refractivity contribution in [2.45, 2.75) is 6.92 Å². The van der Waals surface area contributed by atoms with Gasteiger partial charge in [-0.3, -0.25) is 9.78 Å². The average Bonchev–Trinajstić information content (AvgIpc) is 2.30. The van der Waals surface area contributed by atoms with Crippen molar-refractivity contribution in [3.05, 3.63) is 48.1 Å². The summed E-state index contributed by atoms with van der Waals surface area (Å²) in [6.07, 6.45) is 7.31. The number of ketones is 1. The fraction of sp³-hybridized carbons (Fsp3) is 0.100. The lowest BCUT2D eigenvalue weighted by atomic mass is 10.1. The quantitative estimate of drug-likeness (QED) is 0.671. The zero-order chi connectivity index (χ0) is 10.7. The third kappa shape index (κ3) is 1.85. The zero-order valence-electron chi connectivity index (χ0n) is 8.08. The molecule has 2 aromatic heterocycles. The molecule has 0 aliphatic carbocycles. The summed E-state index contributed by atoms with van der Waals surface area (Å²) in [5.74, 6) is -0.207. The molecule has 2 aromatic rings. The monoisotopic (exact) mass is 200 g/mol. The molecule has 5 nitrogen and oxygen atoms in total. The Morgan fingerprint density at radius 2 is 2.00 bits per heavy atom. The highest BCUT2D eigenvalue weighted by Gasteiger charge is 2.13. The zero-order valence-corrected chi connectivity index (χ0v) is 8.08. The SMILES string of the molecule is Cc1ncncc1C(=O)c1cnccn1. The molecule has 2 heterocycles. The highest BCUT2D eigenvalue weighted by Crippen LogP contribution is 2.07. The lowest BCUT2D eigenvalue weighted by Crippen LogP contribution is -2.07. The summed E-state index contributed by atoms with van der Waals surface area (Å²) in [6.45, 7) is 1.76. The number of aryl methyl sites for hydroxylation is 1. The fourth-order valence-corrected chi connectivity index (χ4v) is 1.17. The minimum absolute atomic E-state index is 0.207. The van der Waals surface area contributed by atoms with E-state index in [0.717, 1.165) is 0 Å². The van der Waals surface area contributed by atoms with Gasteiger partial charge in [0.1, 0.15) is 12.0 Å². The summed E-state index contributed by atoms with van der Waals surface area (Å²) in [5, 5.41) is 0. The van der Waals surface area contributed by atoms with Gasteiger partial charge in [0.25, 0.3) is 0 Å². The van der Waals surface area contributed by atoms with Crippen LogP contribution in [0.1, 0.15) is 21.7 Å². The standard InChI is InChI=1S/C10H8N4O/c1-7-8(4-12-6-14-7)10(15)9-5-11-2-3-13-9/h2-6H,1H3. The predicted molar refractivity (Wildman–Crippen MR) is 52.2 cm³/mol. The lowest BCUT2D eigenvalue weighted by Gasteiger charge is -2.01. The van der Waals surface area contributed by atoms with E-state index in [0.29, 0.717) is 17.0 Å². The minimum Gasteiger partial charge on any atom is -0.287 e. The lowest BCUT2D eigenvalue weighted by molar-refractivity contribution is 0.103. The van der Waals surface area contributed by atoms with Crippen molar-refractivity contribution in [1.82, 2.24) is 19.9 Å². The molecule has 0 aliphatic heterocycles. The number of nitrogens with zero attached hydrogens (tertiary/aromatic N) is 4. The normalized spacial score (nSPS) is 9.93. The van der Waals surface area contributed by atoms with E-state index in [9.17, 15) is 4.79 Å². The Hall–Kier alpha value is -2.17. The highest BCUT2D eigenvalue weighted by molar-refractivity contribution is 6.07. The van der Waals surface area contributed by atoms with Crippen molar-refractivity contribution >= 4 is 5.78 Å². The van der Waals surface area contributed by atoms with Gasteiger partial charge in [-0.05, 0) is 6.92 Å². The Balaban J connectivity index is 2.42. The van der Waals surface area contributed by atoms with Crippen LogP contribution in [-0.2, 0) is 0 Å². The molecule has 0 N–H and O–H groups in total. The van der Waals surface area contributed by atoms with E-state index in [2.05, 4.69) is 19.9 Å². The molecule has 0 aromatic carbocycles. The number of rotatable bonds is 2. The Morgan fingerprint density at radius 1 is 1.13 bits per heavy atom. The van der Waals surface area contributed by atoms with Gasteiger partial charge in [0.15, 0.2) is 0 Å². The van der Waals surface area contributed by atoms with Crippen LogP contribution in [-0.4, -0.2) is 25.7 Å². The maximum Gasteiger partial charge on any atom is 0.216 e. The minimum atomic E-state index is -0.207. The summed E-state index contributed by atoms with van der Waals surface area (Å²) in [5.41, 5.74) is 1.40. The van der Waals surface area contributed by atoms with E-state index in [1.54, 1.807) is 6.92 Å². The predicted octanol–water partition coefficient (Wildman–Crippen LogP) is 0.806. The van der Waals surface area contributed by atoms with Crippen LogP contribution in [0.5, 0.6) is 0 Å². The Kier molecular flexibility index (Phi) is 2.45. The second-order valence-corrected chi connectivity index (χ2v) is 2.94. The maximum atomic E-state index is 11.9. The van der Waals surface area contributed by atoms with Gasteiger partial charge < -0.3 is 0 Å². The number of aromatic nitrogens is 4. The number of hydrogen-bond acceptors (Lipinski definition) is 5. The molecule has 74 valence electrons. The van der Waals surface area contributed by atoms with Crippen LogP contribution in [0, 0.1) is 6.92 Å². The molecule has 0 bridgehead atoms. The molecule has 2 rings (SSSR count). The van der Waals surface area contributed by atoms with Crippen LogP contribution < -0.4 is 0 Å². The molecular formula is C10H8N4O. The van der Waals surface area contributed by atoms with Crippen LogP contribution in [0.3, 0.4) is 0 Å². The number of carbonyl (C=O) groups is 1. The van der Waals surface area contributed by atoms with Gasteiger partial charge in [-0.1, -0.05) is 0 Å². The smallest absolute Gasteiger partial charge is 0.216 e. The molecule has 0 aliphatic rings. The molecule has 0 spiro atoms. The molecule has 5 heteroatoms. The van der Waals surface area contributed by atoms with E-state index in [1.165, 1.54) is 31.1 Å². The fourth-order valence-electron chi connectivity index (χ4n) is 1.17. The number of carbonyl (C=O) groups excluding carboxylic acids is 1. The average molecular weight is 200 g/mol. The number of hydrogen-bond donors (Lipinski definition) is 0. The Morgan fingerprint density at radius 3 is 2.67 bits per heavy atom. The first-order chi connectivity index (χ1) is 7.29. The second kappa shape index (κ2) is 3.91. The van der Waals surface area contributed by atoms with Crippen molar-refractivity contribution in [2.75, 3.05) is 0 Å². The van der Waals surface area contributed by atoms with Gasteiger partial charge in [0.05, 0.1) is 17.5 Å². The molecule has 0 fully saturated rings. The third-order valence-corrected chi connectivity index (χ3v) is 1.95. The largest absolute Gasteiger partial charge is 0.287 e. The van der Waals surface area contributed by atoms with Crippen LogP contribution in [0.2, 0.25) is 0 Å². The third-order valence-electron chi connectivity index (χ3n) is 1.95. The summed E-state index contributed by atoms with van der Waals surface area (Å²) < 4.78 is 0. The Labute approximate surface area is 86.3 Å². The summed E-state index contributed by atoms with van der Waals surface area (Å²) in [6, 6.07) is 0. The van der Waals surface area contributed by atoms with Crippen LogP contribution >= 0.6 is 0 Å². The van der Waals surface area contributed by atoms with E-state index in [1.807, 2.05) is 0 Å². The van der Waals surface area contributed by atoms with E-state index < -0.39 is 0 Å². The molecule has 0 amide bonds. The van der Waals surface area contributed by atoms with Gasteiger partial charge in [0, 0.05) is 18.6 Å². The first-order valence-electron chi connectivity index (χ1n) is 4.36. The summed E-state index contributed by atoms with van der Waals surface area (Å²) in [4.78, 5) is 27.4. The van der Waals surface area contributed by atoms with Gasteiger partial charge in [-0.25, -0.2) is 15.0 Å². The van der Waals surface area contributed by atoms with Crippen LogP contribution in [0.15, 0.2) is 31.1 Å². The topological polar surface area (TPSA) is 68.6 Å². The van der Waals surface area contributed by atoms with E-state index in [-0.39, 0.29) is 5.78 Å². The van der Waals surface area contributed by atoms with Crippen molar-refractivity contribution < 1.29 is 4.79 Å². The molecular weight excluding hydrogens is 192 g/mol. The van der Waals surface area contributed by atoms with Crippen molar-refractivity contribution in [1.29, 1.82) is 0 Å².